The van der Waals surface area contributed by atoms with Crippen LogP contribution in [0.5, 0.6) is 0 Å². The third-order valence-electron chi connectivity index (χ3n) is 6.00. The van der Waals surface area contributed by atoms with E-state index in [9.17, 15) is 14.4 Å². The van der Waals surface area contributed by atoms with Crippen LogP contribution in [0.1, 0.15) is 63.3 Å². The zero-order valence-corrected chi connectivity index (χ0v) is 21.9. The Kier molecular flexibility index (Phi) is 8.74. The minimum absolute atomic E-state index is 0.266. The fourth-order valence-electron chi connectivity index (χ4n) is 4.19. The first-order valence-electron chi connectivity index (χ1n) is 12.4. The number of nitrogens with one attached hydrogen (secondary N) is 3. The van der Waals surface area contributed by atoms with Crippen LogP contribution >= 0.6 is 0 Å². The Morgan fingerprint density at radius 1 is 1.08 bits per heavy atom. The topological polar surface area (TPSA) is 99.8 Å². The Hall–Kier alpha value is -3.81. The lowest BCUT2D eigenvalue weighted by molar-refractivity contribution is -0.143. The van der Waals surface area contributed by atoms with Gasteiger partial charge >= 0.3 is 18.0 Å². The first-order valence-corrected chi connectivity index (χ1v) is 12.4. The number of amides is 4. The molecule has 0 saturated carbocycles. The molecule has 1 unspecified atom stereocenters. The standard InChI is InChI=1S/C28H36N4O4/c1-7-8-14-32-20(6)24(26(33)36-17(2)3)25(31-28(32)35)21-10-9-11-22(16-21)29-27(34)30-23-13-12-18(4)15-19(23)5/h9-13,15-17,25H,7-8,14H2,1-6H3,(H,31,35)(H2,29,30,34). The summed E-state index contributed by atoms with van der Waals surface area (Å²) in [6, 6.07) is 11.5. The van der Waals surface area contributed by atoms with Gasteiger partial charge in [-0.1, -0.05) is 43.2 Å². The van der Waals surface area contributed by atoms with Crippen molar-refractivity contribution in [2.75, 3.05) is 17.2 Å². The maximum atomic E-state index is 13.1. The van der Waals surface area contributed by atoms with Gasteiger partial charge in [0.1, 0.15) is 0 Å². The van der Waals surface area contributed by atoms with Gasteiger partial charge in [0.05, 0.1) is 17.7 Å². The number of carbonyl (C=O) groups excluding carboxylic acids is 3. The average Bonchev–Trinajstić information content (AvgIpc) is 2.80. The van der Waals surface area contributed by atoms with Gasteiger partial charge in [-0.15, -0.1) is 0 Å². The first-order chi connectivity index (χ1) is 17.1. The van der Waals surface area contributed by atoms with Crippen molar-refractivity contribution in [2.24, 2.45) is 0 Å². The Morgan fingerprint density at radius 2 is 1.83 bits per heavy atom. The lowest BCUT2D eigenvalue weighted by Gasteiger charge is -2.35. The Bertz CT molecular complexity index is 1170. The molecule has 2 aromatic carbocycles. The lowest BCUT2D eigenvalue weighted by Crippen LogP contribution is -2.48. The number of hydrogen-bond acceptors (Lipinski definition) is 4. The van der Waals surface area contributed by atoms with E-state index in [0.717, 1.165) is 29.7 Å². The molecule has 0 radical (unpaired) electrons. The van der Waals surface area contributed by atoms with Crippen molar-refractivity contribution < 1.29 is 19.1 Å². The monoisotopic (exact) mass is 492 g/mol. The third kappa shape index (κ3) is 6.44. The number of allylic oxidation sites excluding steroid dienone is 1. The van der Waals surface area contributed by atoms with Crippen LogP contribution in [0.25, 0.3) is 0 Å². The number of unbranched alkanes of at least 4 members (excludes halogenated alkanes) is 1. The summed E-state index contributed by atoms with van der Waals surface area (Å²) in [6.45, 7) is 11.8. The van der Waals surface area contributed by atoms with Crippen molar-refractivity contribution >= 4 is 29.4 Å². The SMILES string of the molecule is CCCCN1C(=O)NC(c2cccc(NC(=O)Nc3ccc(C)cc3C)c2)C(C(=O)OC(C)C)=C1C. The number of anilines is 2. The van der Waals surface area contributed by atoms with Crippen LogP contribution < -0.4 is 16.0 Å². The van der Waals surface area contributed by atoms with Crippen molar-refractivity contribution in [3.05, 3.63) is 70.4 Å². The molecule has 1 aliphatic rings. The maximum absolute atomic E-state index is 13.1. The van der Waals surface area contributed by atoms with E-state index in [4.69, 9.17) is 4.74 Å². The molecule has 4 amide bonds. The number of rotatable bonds is 8. The van der Waals surface area contributed by atoms with Crippen LogP contribution in [-0.2, 0) is 9.53 Å². The molecule has 1 aliphatic heterocycles. The zero-order valence-electron chi connectivity index (χ0n) is 21.9. The Labute approximate surface area is 213 Å². The molecule has 0 aromatic heterocycles. The molecule has 8 nitrogen and oxygen atoms in total. The summed E-state index contributed by atoms with van der Waals surface area (Å²) in [5.41, 5.74) is 4.96. The van der Waals surface area contributed by atoms with E-state index < -0.39 is 12.0 Å². The van der Waals surface area contributed by atoms with Gasteiger partial charge < -0.3 is 20.7 Å². The van der Waals surface area contributed by atoms with Crippen LogP contribution in [0.2, 0.25) is 0 Å². The highest BCUT2D eigenvalue weighted by Crippen LogP contribution is 2.33. The van der Waals surface area contributed by atoms with Crippen molar-refractivity contribution in [2.45, 2.75) is 66.5 Å². The normalized spacial score (nSPS) is 15.6. The highest BCUT2D eigenvalue weighted by Gasteiger charge is 2.36. The summed E-state index contributed by atoms with van der Waals surface area (Å²) in [4.78, 5) is 40.3. The van der Waals surface area contributed by atoms with E-state index in [0.29, 0.717) is 29.1 Å². The summed E-state index contributed by atoms with van der Waals surface area (Å²) < 4.78 is 5.53. The smallest absolute Gasteiger partial charge is 0.338 e. The van der Waals surface area contributed by atoms with E-state index in [2.05, 4.69) is 16.0 Å². The number of nitrogens with zero attached hydrogens (tertiary/aromatic N) is 1. The highest BCUT2D eigenvalue weighted by molar-refractivity contribution is 6.00. The lowest BCUT2D eigenvalue weighted by atomic mass is 9.94. The van der Waals surface area contributed by atoms with Gasteiger partial charge in [-0.05, 0) is 70.4 Å². The molecule has 0 aliphatic carbocycles. The second-order valence-electron chi connectivity index (χ2n) is 9.36. The summed E-state index contributed by atoms with van der Waals surface area (Å²) >= 11 is 0. The number of hydrogen-bond donors (Lipinski definition) is 3. The van der Waals surface area contributed by atoms with Crippen molar-refractivity contribution in [1.82, 2.24) is 10.2 Å². The van der Waals surface area contributed by atoms with Gasteiger partial charge in [0.15, 0.2) is 0 Å². The number of benzene rings is 2. The van der Waals surface area contributed by atoms with Gasteiger partial charge in [-0.25, -0.2) is 14.4 Å². The predicted octanol–water partition coefficient (Wildman–Crippen LogP) is 6.04. The molecule has 3 N–H and O–H groups in total. The number of esters is 1. The molecule has 3 rings (SSSR count). The zero-order chi connectivity index (χ0) is 26.4. The average molecular weight is 493 g/mol. The summed E-state index contributed by atoms with van der Waals surface area (Å²) in [7, 11) is 0. The van der Waals surface area contributed by atoms with Crippen molar-refractivity contribution in [3.8, 4) is 0 Å². The molecule has 1 heterocycles. The number of carbonyl (C=O) groups is 3. The van der Waals surface area contributed by atoms with Crippen LogP contribution in [-0.4, -0.2) is 35.6 Å². The van der Waals surface area contributed by atoms with E-state index in [1.54, 1.807) is 43.9 Å². The molecule has 0 fully saturated rings. The Balaban J connectivity index is 1.88. The second-order valence-corrected chi connectivity index (χ2v) is 9.36. The van der Waals surface area contributed by atoms with Gasteiger partial charge in [0.2, 0.25) is 0 Å². The predicted molar refractivity (Wildman–Crippen MR) is 142 cm³/mol. The molecule has 36 heavy (non-hydrogen) atoms. The quantitative estimate of drug-likeness (QED) is 0.391. The third-order valence-corrected chi connectivity index (χ3v) is 6.00. The summed E-state index contributed by atoms with van der Waals surface area (Å²) in [5, 5.41) is 8.66. The van der Waals surface area contributed by atoms with Crippen LogP contribution in [0.3, 0.4) is 0 Å². The first kappa shape index (κ1) is 26.8. The fraction of sp³-hybridized carbons (Fsp3) is 0.393. The maximum Gasteiger partial charge on any atom is 0.338 e. The van der Waals surface area contributed by atoms with Crippen LogP contribution in [0.15, 0.2) is 53.7 Å². The Morgan fingerprint density at radius 3 is 2.50 bits per heavy atom. The molecule has 192 valence electrons. The van der Waals surface area contributed by atoms with E-state index >= 15 is 0 Å². The van der Waals surface area contributed by atoms with E-state index in [1.165, 1.54) is 0 Å². The molecule has 2 aromatic rings. The second kappa shape index (κ2) is 11.7. The van der Waals surface area contributed by atoms with Gasteiger partial charge in [-0.2, -0.15) is 0 Å². The van der Waals surface area contributed by atoms with Gasteiger partial charge in [0, 0.05) is 23.6 Å². The van der Waals surface area contributed by atoms with Crippen LogP contribution in [0.4, 0.5) is 21.0 Å². The number of urea groups is 2. The summed E-state index contributed by atoms with van der Waals surface area (Å²) in [5.74, 6) is -0.472. The minimum Gasteiger partial charge on any atom is -0.459 e. The number of ether oxygens (including phenoxy) is 1. The highest BCUT2D eigenvalue weighted by atomic mass is 16.5. The molecule has 8 heteroatoms. The molecule has 1 atom stereocenters. The molecule has 0 bridgehead atoms. The molecule has 0 spiro atoms. The molecular formula is C28H36N4O4. The van der Waals surface area contributed by atoms with E-state index in [1.807, 2.05) is 45.0 Å². The van der Waals surface area contributed by atoms with Crippen molar-refractivity contribution in [1.29, 1.82) is 0 Å². The van der Waals surface area contributed by atoms with E-state index in [-0.39, 0.29) is 18.2 Å². The van der Waals surface area contributed by atoms with Gasteiger partial charge in [0.25, 0.3) is 0 Å². The summed E-state index contributed by atoms with van der Waals surface area (Å²) in [6.07, 6.45) is 1.43. The fourth-order valence-corrected chi connectivity index (χ4v) is 4.19. The minimum atomic E-state index is -0.703. The molecular weight excluding hydrogens is 456 g/mol. The number of aryl methyl sites for hydroxylation is 2. The van der Waals surface area contributed by atoms with Crippen molar-refractivity contribution in [3.63, 3.8) is 0 Å². The van der Waals surface area contributed by atoms with Crippen LogP contribution in [0, 0.1) is 13.8 Å². The molecule has 0 saturated heterocycles. The largest absolute Gasteiger partial charge is 0.459 e. The van der Waals surface area contributed by atoms with Gasteiger partial charge in [-0.3, -0.25) is 4.90 Å².